The van der Waals surface area contributed by atoms with Crippen LogP contribution in [0.25, 0.3) is 0 Å². The molecule has 7 nitrogen and oxygen atoms in total. The molecule has 0 saturated carbocycles. The Morgan fingerprint density at radius 2 is 2.17 bits per heavy atom. The van der Waals surface area contributed by atoms with Gasteiger partial charge in [0.1, 0.15) is 11.9 Å². The second kappa shape index (κ2) is 6.29. The second-order valence-electron chi connectivity index (χ2n) is 3.75. The monoisotopic (exact) mass is 256 g/mol. The molecule has 0 fully saturated rings. The molecule has 7 heteroatoms. The zero-order valence-corrected chi connectivity index (χ0v) is 10.2. The van der Waals surface area contributed by atoms with E-state index in [4.69, 9.17) is 4.74 Å². The zero-order valence-electron chi connectivity index (χ0n) is 10.2. The Labute approximate surface area is 104 Å². The highest BCUT2D eigenvalue weighted by Crippen LogP contribution is 2.30. The van der Waals surface area contributed by atoms with Gasteiger partial charge in [-0.25, -0.2) is 0 Å². The van der Waals surface area contributed by atoms with Crippen molar-refractivity contribution < 1.29 is 19.9 Å². The van der Waals surface area contributed by atoms with Gasteiger partial charge in [0.25, 0.3) is 5.69 Å². The molecule has 0 aromatic heterocycles. The SMILES string of the molecule is CNCC(O)C(O)c1cc([N+](=O)[O-])ccc1OC. The molecule has 0 aliphatic heterocycles. The van der Waals surface area contributed by atoms with Gasteiger partial charge in [-0.3, -0.25) is 10.1 Å². The van der Waals surface area contributed by atoms with Crippen molar-refractivity contribution in [1.29, 1.82) is 0 Å². The number of nitro benzene ring substituents is 1. The first-order valence-electron chi connectivity index (χ1n) is 5.34. The number of likely N-dealkylation sites (N-methyl/N-ethyl adjacent to an activating group) is 1. The average molecular weight is 256 g/mol. The summed E-state index contributed by atoms with van der Waals surface area (Å²) in [5.74, 6) is 0.295. The van der Waals surface area contributed by atoms with Crippen molar-refractivity contribution in [3.8, 4) is 5.75 Å². The molecular formula is C11H16N2O5. The molecule has 2 atom stereocenters. The number of nitro groups is 1. The number of nitrogens with one attached hydrogen (secondary N) is 1. The minimum atomic E-state index is -1.26. The number of benzene rings is 1. The van der Waals surface area contributed by atoms with Crippen LogP contribution in [0.2, 0.25) is 0 Å². The zero-order chi connectivity index (χ0) is 13.7. The summed E-state index contributed by atoms with van der Waals surface area (Å²) in [7, 11) is 3.02. The summed E-state index contributed by atoms with van der Waals surface area (Å²) in [6.45, 7) is 0.160. The highest BCUT2D eigenvalue weighted by atomic mass is 16.6. The number of hydrogen-bond donors (Lipinski definition) is 3. The third-order valence-corrected chi connectivity index (χ3v) is 2.52. The number of nitrogens with zero attached hydrogens (tertiary/aromatic N) is 1. The maximum Gasteiger partial charge on any atom is 0.270 e. The molecule has 100 valence electrons. The summed E-state index contributed by atoms with van der Waals surface area (Å²) >= 11 is 0. The van der Waals surface area contributed by atoms with E-state index in [0.29, 0.717) is 5.75 Å². The molecule has 1 aromatic carbocycles. The van der Waals surface area contributed by atoms with E-state index in [9.17, 15) is 20.3 Å². The van der Waals surface area contributed by atoms with Crippen LogP contribution in [-0.4, -0.2) is 41.9 Å². The standard InChI is InChI=1S/C11H16N2O5/c1-12-6-9(14)11(15)8-5-7(13(16)17)3-4-10(8)18-2/h3-5,9,11-12,14-15H,6H2,1-2H3. The van der Waals surface area contributed by atoms with Crippen molar-refractivity contribution in [2.24, 2.45) is 0 Å². The molecule has 2 unspecified atom stereocenters. The van der Waals surface area contributed by atoms with E-state index in [1.54, 1.807) is 7.05 Å². The quantitative estimate of drug-likeness (QED) is 0.496. The Bertz CT molecular complexity index is 424. The minimum absolute atomic E-state index is 0.160. The second-order valence-corrected chi connectivity index (χ2v) is 3.75. The molecule has 0 radical (unpaired) electrons. The lowest BCUT2D eigenvalue weighted by atomic mass is 10.0. The fourth-order valence-corrected chi connectivity index (χ4v) is 1.59. The van der Waals surface area contributed by atoms with Gasteiger partial charge in [-0.05, 0) is 13.1 Å². The van der Waals surface area contributed by atoms with E-state index in [2.05, 4.69) is 5.32 Å². The first kappa shape index (κ1) is 14.4. The largest absolute Gasteiger partial charge is 0.496 e. The van der Waals surface area contributed by atoms with Crippen molar-refractivity contribution in [2.75, 3.05) is 20.7 Å². The van der Waals surface area contributed by atoms with Crippen LogP contribution >= 0.6 is 0 Å². The topological polar surface area (TPSA) is 105 Å². The third kappa shape index (κ3) is 3.16. The number of methoxy groups -OCH3 is 1. The Hall–Kier alpha value is -1.70. The number of aliphatic hydroxyl groups excluding tert-OH is 2. The molecule has 0 spiro atoms. The lowest BCUT2D eigenvalue weighted by molar-refractivity contribution is -0.385. The molecule has 0 heterocycles. The summed E-state index contributed by atoms with van der Waals surface area (Å²) in [4.78, 5) is 10.1. The Balaban J connectivity index is 3.10. The minimum Gasteiger partial charge on any atom is -0.496 e. The molecule has 0 saturated heterocycles. The summed E-state index contributed by atoms with van der Waals surface area (Å²) in [6, 6.07) is 3.87. The number of aliphatic hydroxyl groups is 2. The Morgan fingerprint density at radius 3 is 2.67 bits per heavy atom. The maximum absolute atomic E-state index is 10.7. The van der Waals surface area contributed by atoms with Gasteiger partial charge in [-0.1, -0.05) is 0 Å². The van der Waals surface area contributed by atoms with Crippen LogP contribution in [0.15, 0.2) is 18.2 Å². The molecular weight excluding hydrogens is 240 g/mol. The summed E-state index contributed by atoms with van der Waals surface area (Å²) in [5.41, 5.74) is 0.0240. The van der Waals surface area contributed by atoms with Crippen molar-refractivity contribution in [3.63, 3.8) is 0 Å². The number of non-ortho nitro benzene ring substituents is 1. The van der Waals surface area contributed by atoms with Gasteiger partial charge in [0.15, 0.2) is 0 Å². The predicted molar refractivity (Wildman–Crippen MR) is 64.5 cm³/mol. The van der Waals surface area contributed by atoms with Crippen LogP contribution in [0.3, 0.4) is 0 Å². The van der Waals surface area contributed by atoms with Gasteiger partial charge in [-0.15, -0.1) is 0 Å². The smallest absolute Gasteiger partial charge is 0.270 e. The van der Waals surface area contributed by atoms with Gasteiger partial charge < -0.3 is 20.3 Å². The first-order chi connectivity index (χ1) is 8.51. The maximum atomic E-state index is 10.7. The van der Waals surface area contributed by atoms with Gasteiger partial charge in [0.2, 0.25) is 0 Å². The summed E-state index contributed by atoms with van der Waals surface area (Å²) in [6.07, 6.45) is -2.33. The van der Waals surface area contributed by atoms with E-state index in [0.717, 1.165) is 0 Å². The summed E-state index contributed by atoms with van der Waals surface area (Å²) < 4.78 is 5.02. The third-order valence-electron chi connectivity index (χ3n) is 2.52. The molecule has 3 N–H and O–H groups in total. The lowest BCUT2D eigenvalue weighted by Gasteiger charge is -2.19. The van der Waals surface area contributed by atoms with Crippen LogP contribution in [0.4, 0.5) is 5.69 Å². The molecule has 0 aliphatic carbocycles. The molecule has 0 bridgehead atoms. The fraction of sp³-hybridized carbons (Fsp3) is 0.455. The Kier molecular flexibility index (Phi) is 5.02. The predicted octanol–water partition coefficient (Wildman–Crippen LogP) is 0.217. The van der Waals surface area contributed by atoms with E-state index in [1.807, 2.05) is 0 Å². The molecule has 0 aliphatic rings. The van der Waals surface area contributed by atoms with Gasteiger partial charge in [0, 0.05) is 24.2 Å². The van der Waals surface area contributed by atoms with Crippen LogP contribution in [0, 0.1) is 10.1 Å². The van der Waals surface area contributed by atoms with Crippen LogP contribution < -0.4 is 10.1 Å². The van der Waals surface area contributed by atoms with E-state index in [-0.39, 0.29) is 17.8 Å². The number of ether oxygens (including phenoxy) is 1. The molecule has 0 amide bonds. The van der Waals surface area contributed by atoms with Crippen molar-refractivity contribution >= 4 is 5.69 Å². The number of hydrogen-bond acceptors (Lipinski definition) is 6. The van der Waals surface area contributed by atoms with Crippen molar-refractivity contribution in [2.45, 2.75) is 12.2 Å². The van der Waals surface area contributed by atoms with Crippen LogP contribution in [-0.2, 0) is 0 Å². The van der Waals surface area contributed by atoms with E-state index < -0.39 is 17.1 Å². The first-order valence-corrected chi connectivity index (χ1v) is 5.34. The normalized spacial score (nSPS) is 14.0. The van der Waals surface area contributed by atoms with Crippen LogP contribution in [0.1, 0.15) is 11.7 Å². The van der Waals surface area contributed by atoms with Gasteiger partial charge in [0.05, 0.1) is 18.1 Å². The van der Waals surface area contributed by atoms with Crippen LogP contribution in [0.5, 0.6) is 5.75 Å². The molecule has 18 heavy (non-hydrogen) atoms. The highest BCUT2D eigenvalue weighted by Gasteiger charge is 2.23. The highest BCUT2D eigenvalue weighted by molar-refractivity contribution is 5.45. The molecule has 1 rings (SSSR count). The average Bonchev–Trinajstić information content (AvgIpc) is 2.37. The van der Waals surface area contributed by atoms with Gasteiger partial charge >= 0.3 is 0 Å². The van der Waals surface area contributed by atoms with E-state index in [1.165, 1.54) is 25.3 Å². The fourth-order valence-electron chi connectivity index (χ4n) is 1.59. The molecule has 1 aromatic rings. The van der Waals surface area contributed by atoms with Crippen molar-refractivity contribution in [3.05, 3.63) is 33.9 Å². The van der Waals surface area contributed by atoms with E-state index >= 15 is 0 Å². The van der Waals surface area contributed by atoms with Crippen molar-refractivity contribution in [1.82, 2.24) is 5.32 Å². The lowest BCUT2D eigenvalue weighted by Crippen LogP contribution is -2.29. The van der Waals surface area contributed by atoms with Gasteiger partial charge in [-0.2, -0.15) is 0 Å². The summed E-state index contributed by atoms with van der Waals surface area (Å²) in [5, 5.41) is 33.0. The number of rotatable bonds is 6. The Morgan fingerprint density at radius 1 is 1.50 bits per heavy atom.